The lowest BCUT2D eigenvalue weighted by molar-refractivity contribution is -0.139. The molecule has 0 aliphatic heterocycles. The first-order valence-electron chi connectivity index (χ1n) is 9.23. The third-order valence-electron chi connectivity index (χ3n) is 3.73. The maximum Gasteiger partial charge on any atom is 0.333 e. The van der Waals surface area contributed by atoms with Crippen LogP contribution in [0.5, 0.6) is 0 Å². The monoisotopic (exact) mass is 351 g/mol. The summed E-state index contributed by atoms with van der Waals surface area (Å²) < 4.78 is 32.6. The predicted molar refractivity (Wildman–Crippen MR) is 91.4 cm³/mol. The molecule has 23 heavy (non-hydrogen) atoms. The fourth-order valence-electron chi connectivity index (χ4n) is 2.54. The van der Waals surface area contributed by atoms with Gasteiger partial charge >= 0.3 is 5.97 Å². The number of nitrogens with two attached hydrogens (primary N) is 1. The molecule has 6 nitrogen and oxygen atoms in total. The molecule has 3 N–H and O–H groups in total. The number of amides is 1. The number of ether oxygens (including phenoxy) is 2. The number of rotatable bonds is 7. The second kappa shape index (κ2) is 10.6. The molecule has 0 aromatic carbocycles. The highest BCUT2D eigenvalue weighted by Gasteiger charge is 2.35. The molecule has 3 atom stereocenters. The molecule has 1 rings (SSSR count). The summed E-state index contributed by atoms with van der Waals surface area (Å²) in [7, 11) is 0. The van der Waals surface area contributed by atoms with E-state index in [-0.39, 0.29) is 31.5 Å². The molecule has 0 saturated carbocycles. The van der Waals surface area contributed by atoms with E-state index in [1.165, 1.54) is 0 Å². The second-order valence-electron chi connectivity index (χ2n) is 5.32. The van der Waals surface area contributed by atoms with Gasteiger partial charge in [0, 0.05) is 22.6 Å². The molecule has 7 heteroatoms. The standard InChI is InChI=1S/C16H28N2O4.ClH/c1-5-12(6-2)22-14-9-11(16(20)21-7-3)8-13(17)15(14)18-10(4)19;/h9,12-15H,5-8,17H2,1-4H3,(H,18,19);1H/t13-,14+,15+;/m0./s1/i4D3;. The van der Waals surface area contributed by atoms with Crippen LogP contribution in [-0.2, 0) is 19.1 Å². The zero-order valence-electron chi connectivity index (χ0n) is 16.8. The van der Waals surface area contributed by atoms with E-state index < -0.39 is 36.9 Å². The van der Waals surface area contributed by atoms with E-state index in [4.69, 9.17) is 19.3 Å². The maximum atomic E-state index is 12.0. The molecule has 0 unspecified atom stereocenters. The molecule has 0 saturated heterocycles. The van der Waals surface area contributed by atoms with E-state index in [9.17, 15) is 9.59 Å². The molecule has 0 heterocycles. The largest absolute Gasteiger partial charge is 0.463 e. The zero-order valence-corrected chi connectivity index (χ0v) is 14.7. The van der Waals surface area contributed by atoms with Crippen LogP contribution < -0.4 is 11.1 Å². The highest BCUT2D eigenvalue weighted by Crippen LogP contribution is 2.24. The number of carbonyl (C=O) groups excluding carboxylic acids is 2. The second-order valence-corrected chi connectivity index (χ2v) is 5.32. The van der Waals surface area contributed by atoms with Crippen LogP contribution >= 0.6 is 12.4 Å². The van der Waals surface area contributed by atoms with Gasteiger partial charge in [-0.2, -0.15) is 0 Å². The Labute approximate surface area is 148 Å². The summed E-state index contributed by atoms with van der Waals surface area (Å²) >= 11 is 0. The first kappa shape index (κ1) is 16.7. The van der Waals surface area contributed by atoms with Crippen LogP contribution in [0.1, 0.15) is 51.0 Å². The van der Waals surface area contributed by atoms with Crippen molar-refractivity contribution in [1.82, 2.24) is 5.32 Å². The normalized spacial score (nSPS) is 26.2. The van der Waals surface area contributed by atoms with Gasteiger partial charge in [0.25, 0.3) is 0 Å². The molecule has 0 fully saturated rings. The lowest BCUT2D eigenvalue weighted by Gasteiger charge is -2.36. The Morgan fingerprint density at radius 1 is 1.43 bits per heavy atom. The first-order valence-corrected chi connectivity index (χ1v) is 7.73. The fourth-order valence-corrected chi connectivity index (χ4v) is 2.54. The minimum Gasteiger partial charge on any atom is -0.463 e. The summed E-state index contributed by atoms with van der Waals surface area (Å²) in [5.74, 6) is -1.56. The smallest absolute Gasteiger partial charge is 0.333 e. The molecule has 1 aliphatic rings. The Hall–Kier alpha value is -1.11. The SMILES string of the molecule is Cl.[2H]C([2H])([2H])C(=O)N[C@@H]1[C@@H](N)CC(C(=O)OCC)=C[C@H]1OC(CC)CC. The fraction of sp³-hybridized carbons (Fsp3) is 0.750. The van der Waals surface area contributed by atoms with Gasteiger partial charge in [-0.1, -0.05) is 13.8 Å². The lowest BCUT2D eigenvalue weighted by atomic mass is 9.88. The number of halogens is 1. The molecule has 0 radical (unpaired) electrons. The number of hydrogen-bond donors (Lipinski definition) is 2. The van der Waals surface area contributed by atoms with Crippen molar-refractivity contribution in [3.8, 4) is 0 Å². The Morgan fingerprint density at radius 2 is 2.09 bits per heavy atom. The topological polar surface area (TPSA) is 90.7 Å². The summed E-state index contributed by atoms with van der Waals surface area (Å²) in [5, 5.41) is 2.46. The van der Waals surface area contributed by atoms with E-state index in [1.807, 2.05) is 13.8 Å². The van der Waals surface area contributed by atoms with Crippen LogP contribution in [0.15, 0.2) is 11.6 Å². The van der Waals surface area contributed by atoms with Crippen molar-refractivity contribution in [3.05, 3.63) is 11.6 Å². The summed E-state index contributed by atoms with van der Waals surface area (Å²) in [6.45, 7) is 3.09. The van der Waals surface area contributed by atoms with Crippen LogP contribution in [0.25, 0.3) is 0 Å². The quantitative estimate of drug-likeness (QED) is 0.681. The summed E-state index contributed by atoms with van der Waals surface area (Å²) in [5.41, 5.74) is 6.50. The highest BCUT2D eigenvalue weighted by molar-refractivity contribution is 5.89. The van der Waals surface area contributed by atoms with Crippen LogP contribution in [0, 0.1) is 0 Å². The first-order chi connectivity index (χ1) is 11.6. The summed E-state index contributed by atoms with van der Waals surface area (Å²) in [4.78, 5) is 23.9. The molecule has 1 amide bonds. The van der Waals surface area contributed by atoms with Crippen molar-refractivity contribution in [2.45, 2.75) is 71.2 Å². The van der Waals surface area contributed by atoms with Gasteiger partial charge in [-0.3, -0.25) is 4.79 Å². The average molecular weight is 352 g/mol. The van der Waals surface area contributed by atoms with Gasteiger partial charge < -0.3 is 20.5 Å². The van der Waals surface area contributed by atoms with Crippen molar-refractivity contribution in [2.75, 3.05) is 6.61 Å². The van der Waals surface area contributed by atoms with Gasteiger partial charge in [0.05, 0.1) is 24.9 Å². The van der Waals surface area contributed by atoms with Gasteiger partial charge in [-0.05, 0) is 32.3 Å². The van der Waals surface area contributed by atoms with E-state index >= 15 is 0 Å². The van der Waals surface area contributed by atoms with Crippen molar-refractivity contribution >= 4 is 24.3 Å². The third-order valence-corrected chi connectivity index (χ3v) is 3.73. The van der Waals surface area contributed by atoms with Gasteiger partial charge in [0.1, 0.15) is 0 Å². The number of carbonyl (C=O) groups is 2. The molecule has 0 aromatic heterocycles. The molecular formula is C16H29ClN2O4. The number of hydrogen-bond acceptors (Lipinski definition) is 5. The van der Waals surface area contributed by atoms with Crippen LogP contribution in [0.4, 0.5) is 0 Å². The molecule has 0 spiro atoms. The van der Waals surface area contributed by atoms with Gasteiger partial charge in [-0.25, -0.2) is 4.79 Å². The molecule has 134 valence electrons. The Morgan fingerprint density at radius 3 is 2.61 bits per heavy atom. The van der Waals surface area contributed by atoms with E-state index in [0.717, 1.165) is 12.8 Å². The van der Waals surface area contributed by atoms with Crippen molar-refractivity contribution in [2.24, 2.45) is 5.73 Å². The average Bonchev–Trinajstić information content (AvgIpc) is 2.54. The predicted octanol–water partition coefficient (Wildman–Crippen LogP) is 1.71. The molecule has 1 aliphatic carbocycles. The van der Waals surface area contributed by atoms with Gasteiger partial charge in [0.15, 0.2) is 0 Å². The molecule has 0 bridgehead atoms. The minimum absolute atomic E-state index is 0. The summed E-state index contributed by atoms with van der Waals surface area (Å²) in [6, 6.07) is -1.39. The van der Waals surface area contributed by atoms with Crippen molar-refractivity contribution < 1.29 is 23.2 Å². The zero-order chi connectivity index (χ0) is 19.2. The number of esters is 1. The Balaban J connectivity index is 0.00000625. The Bertz CT molecular complexity index is 510. The van der Waals surface area contributed by atoms with E-state index in [0.29, 0.717) is 5.57 Å². The lowest BCUT2D eigenvalue weighted by Crippen LogP contribution is -2.57. The Kier molecular flexibility index (Phi) is 7.73. The molecule has 0 aromatic rings. The van der Waals surface area contributed by atoms with E-state index in [2.05, 4.69) is 5.32 Å². The van der Waals surface area contributed by atoms with E-state index in [1.54, 1.807) is 13.0 Å². The van der Waals surface area contributed by atoms with Crippen molar-refractivity contribution in [1.29, 1.82) is 0 Å². The summed E-state index contributed by atoms with van der Waals surface area (Å²) in [6.07, 6.45) is 2.45. The van der Waals surface area contributed by atoms with Crippen LogP contribution in [0.3, 0.4) is 0 Å². The van der Waals surface area contributed by atoms with Crippen LogP contribution in [-0.4, -0.2) is 42.8 Å². The van der Waals surface area contributed by atoms with Crippen molar-refractivity contribution in [3.63, 3.8) is 0 Å². The maximum absolute atomic E-state index is 12.0. The third kappa shape index (κ3) is 6.49. The molecular weight excluding hydrogens is 320 g/mol. The number of nitrogens with one attached hydrogen (secondary N) is 1. The van der Waals surface area contributed by atoms with Crippen LogP contribution in [0.2, 0.25) is 0 Å². The highest BCUT2D eigenvalue weighted by atomic mass is 35.5. The van der Waals surface area contributed by atoms with Gasteiger partial charge in [-0.15, -0.1) is 12.4 Å². The minimum atomic E-state index is -2.77. The van der Waals surface area contributed by atoms with Gasteiger partial charge in [0.2, 0.25) is 5.91 Å².